The van der Waals surface area contributed by atoms with Crippen molar-refractivity contribution in [3.63, 3.8) is 0 Å². The minimum absolute atomic E-state index is 0. The van der Waals surface area contributed by atoms with Crippen LogP contribution < -0.4 is 15.4 Å². The van der Waals surface area contributed by atoms with E-state index in [1.807, 2.05) is 31.2 Å². The largest absolute Gasteiger partial charge is 0.491 e. The van der Waals surface area contributed by atoms with E-state index in [1.54, 1.807) is 14.2 Å². The molecule has 0 aliphatic rings. The van der Waals surface area contributed by atoms with Gasteiger partial charge in [0.25, 0.3) is 0 Å². The second-order valence-corrected chi connectivity index (χ2v) is 5.18. The number of rotatable bonds is 10. The molecule has 0 aliphatic heterocycles. The van der Waals surface area contributed by atoms with Gasteiger partial charge in [-0.2, -0.15) is 0 Å². The Labute approximate surface area is 162 Å². The normalized spacial score (nSPS) is 12.2. The molecule has 2 N–H and O–H groups in total. The standard InChI is InChI=1S/C17H29N3O3.HI/c1-5-18-17(20-14(2)13-22-4)19-12-15-7-6-8-16(11-15)23-10-9-21-3;/h6-8,11,14H,5,9-10,12-13H2,1-4H3,(H2,18,19,20);1H. The van der Waals surface area contributed by atoms with Crippen molar-refractivity contribution in [2.24, 2.45) is 4.99 Å². The first-order valence-electron chi connectivity index (χ1n) is 7.94. The van der Waals surface area contributed by atoms with Crippen molar-refractivity contribution in [1.82, 2.24) is 10.6 Å². The minimum Gasteiger partial charge on any atom is -0.491 e. The van der Waals surface area contributed by atoms with E-state index in [1.165, 1.54) is 0 Å². The van der Waals surface area contributed by atoms with Crippen molar-refractivity contribution in [3.05, 3.63) is 29.8 Å². The third kappa shape index (κ3) is 9.94. The molecule has 0 aromatic heterocycles. The topological polar surface area (TPSA) is 64.1 Å². The summed E-state index contributed by atoms with van der Waals surface area (Å²) in [5.74, 6) is 1.61. The van der Waals surface area contributed by atoms with Crippen molar-refractivity contribution in [2.75, 3.05) is 40.6 Å². The zero-order chi connectivity index (χ0) is 16.9. The summed E-state index contributed by atoms with van der Waals surface area (Å²) < 4.78 is 15.7. The molecule has 0 radical (unpaired) electrons. The molecule has 1 atom stereocenters. The van der Waals surface area contributed by atoms with Gasteiger partial charge in [0.15, 0.2) is 5.96 Å². The smallest absolute Gasteiger partial charge is 0.191 e. The minimum atomic E-state index is 0. The summed E-state index contributed by atoms with van der Waals surface area (Å²) in [7, 11) is 3.35. The number of benzene rings is 1. The van der Waals surface area contributed by atoms with Crippen molar-refractivity contribution in [3.8, 4) is 5.75 Å². The fourth-order valence-corrected chi connectivity index (χ4v) is 1.99. The number of hydrogen-bond donors (Lipinski definition) is 2. The van der Waals surface area contributed by atoms with E-state index in [0.717, 1.165) is 23.8 Å². The highest BCUT2D eigenvalue weighted by Gasteiger charge is 2.04. The number of ether oxygens (including phenoxy) is 3. The van der Waals surface area contributed by atoms with E-state index in [-0.39, 0.29) is 30.0 Å². The van der Waals surface area contributed by atoms with Gasteiger partial charge in [0.1, 0.15) is 12.4 Å². The SMILES string of the molecule is CCNC(=NCc1cccc(OCCOC)c1)NC(C)COC.I. The molecule has 1 unspecified atom stereocenters. The first-order chi connectivity index (χ1) is 11.2. The summed E-state index contributed by atoms with van der Waals surface area (Å²) >= 11 is 0. The van der Waals surface area contributed by atoms with Gasteiger partial charge in [0, 0.05) is 26.8 Å². The van der Waals surface area contributed by atoms with Gasteiger partial charge in [-0.05, 0) is 31.5 Å². The lowest BCUT2D eigenvalue weighted by Crippen LogP contribution is -2.43. The molecule has 1 rings (SSSR count). The lowest BCUT2D eigenvalue weighted by molar-refractivity contribution is 0.146. The number of halogens is 1. The van der Waals surface area contributed by atoms with E-state index in [2.05, 4.69) is 22.5 Å². The van der Waals surface area contributed by atoms with Gasteiger partial charge in [0.05, 0.1) is 19.8 Å². The van der Waals surface area contributed by atoms with E-state index < -0.39 is 0 Å². The zero-order valence-electron chi connectivity index (χ0n) is 15.0. The van der Waals surface area contributed by atoms with Crippen LogP contribution in [0.25, 0.3) is 0 Å². The summed E-state index contributed by atoms with van der Waals surface area (Å²) in [6, 6.07) is 8.14. The van der Waals surface area contributed by atoms with Crippen LogP contribution in [0, 0.1) is 0 Å². The highest BCUT2D eigenvalue weighted by Crippen LogP contribution is 2.14. The van der Waals surface area contributed by atoms with Crippen molar-refractivity contribution < 1.29 is 14.2 Å². The summed E-state index contributed by atoms with van der Waals surface area (Å²) in [6.45, 7) is 7.24. The Morgan fingerprint density at radius 2 is 2.00 bits per heavy atom. The summed E-state index contributed by atoms with van der Waals surface area (Å²) in [5, 5.41) is 6.55. The molecule has 1 aromatic carbocycles. The molecule has 0 spiro atoms. The quantitative estimate of drug-likeness (QED) is 0.248. The van der Waals surface area contributed by atoms with Gasteiger partial charge in [-0.3, -0.25) is 0 Å². The maximum atomic E-state index is 5.62. The lowest BCUT2D eigenvalue weighted by atomic mass is 10.2. The molecule has 0 saturated carbocycles. The monoisotopic (exact) mass is 451 g/mol. The average molecular weight is 451 g/mol. The number of guanidine groups is 1. The Kier molecular flexibility index (Phi) is 13.7. The predicted molar refractivity (Wildman–Crippen MR) is 109 cm³/mol. The van der Waals surface area contributed by atoms with Crippen LogP contribution in [0.1, 0.15) is 19.4 Å². The fourth-order valence-electron chi connectivity index (χ4n) is 1.99. The van der Waals surface area contributed by atoms with Crippen molar-refractivity contribution in [1.29, 1.82) is 0 Å². The zero-order valence-corrected chi connectivity index (χ0v) is 17.3. The predicted octanol–water partition coefficient (Wildman–Crippen LogP) is 2.42. The third-order valence-corrected chi connectivity index (χ3v) is 3.02. The van der Waals surface area contributed by atoms with Gasteiger partial charge in [0.2, 0.25) is 0 Å². The number of methoxy groups -OCH3 is 2. The van der Waals surface area contributed by atoms with Crippen LogP contribution in [0.15, 0.2) is 29.3 Å². The molecular formula is C17H30IN3O3. The molecule has 0 bridgehead atoms. The van der Waals surface area contributed by atoms with Gasteiger partial charge in [-0.1, -0.05) is 12.1 Å². The maximum absolute atomic E-state index is 5.62. The molecule has 0 aliphatic carbocycles. The number of nitrogens with zero attached hydrogens (tertiary/aromatic N) is 1. The Hall–Kier alpha value is -1.06. The van der Waals surface area contributed by atoms with E-state index in [4.69, 9.17) is 14.2 Å². The Balaban J connectivity index is 0.00000529. The molecule has 7 heteroatoms. The van der Waals surface area contributed by atoms with E-state index >= 15 is 0 Å². The lowest BCUT2D eigenvalue weighted by Gasteiger charge is -2.17. The van der Waals surface area contributed by atoms with Gasteiger partial charge < -0.3 is 24.8 Å². The summed E-state index contributed by atoms with van der Waals surface area (Å²) in [4.78, 5) is 4.60. The second kappa shape index (κ2) is 14.3. The van der Waals surface area contributed by atoms with Crippen LogP contribution in [-0.4, -0.2) is 52.6 Å². The van der Waals surface area contributed by atoms with Crippen LogP contribution >= 0.6 is 24.0 Å². The van der Waals surface area contributed by atoms with Crippen LogP contribution in [-0.2, 0) is 16.0 Å². The molecule has 1 aromatic rings. The molecule has 0 amide bonds. The van der Waals surface area contributed by atoms with Gasteiger partial charge in [-0.25, -0.2) is 4.99 Å². The molecule has 0 heterocycles. The second-order valence-electron chi connectivity index (χ2n) is 5.18. The van der Waals surface area contributed by atoms with Crippen LogP contribution in [0.5, 0.6) is 5.75 Å². The molecular weight excluding hydrogens is 421 g/mol. The first-order valence-corrected chi connectivity index (χ1v) is 7.94. The maximum Gasteiger partial charge on any atom is 0.191 e. The Bertz CT molecular complexity index is 472. The Morgan fingerprint density at radius 1 is 1.21 bits per heavy atom. The van der Waals surface area contributed by atoms with Crippen molar-refractivity contribution >= 4 is 29.9 Å². The van der Waals surface area contributed by atoms with Crippen molar-refractivity contribution in [2.45, 2.75) is 26.4 Å². The average Bonchev–Trinajstić information content (AvgIpc) is 2.54. The van der Waals surface area contributed by atoms with E-state index in [9.17, 15) is 0 Å². The summed E-state index contributed by atoms with van der Waals surface area (Å²) in [5.41, 5.74) is 1.09. The number of nitrogens with one attached hydrogen (secondary N) is 2. The van der Waals surface area contributed by atoms with Gasteiger partial charge >= 0.3 is 0 Å². The fraction of sp³-hybridized carbons (Fsp3) is 0.588. The number of aliphatic imine (C=N–C) groups is 1. The molecule has 138 valence electrons. The van der Waals surface area contributed by atoms with Gasteiger partial charge in [-0.15, -0.1) is 24.0 Å². The molecule has 24 heavy (non-hydrogen) atoms. The summed E-state index contributed by atoms with van der Waals surface area (Å²) in [6.07, 6.45) is 0. The van der Waals surface area contributed by atoms with Crippen LogP contribution in [0.4, 0.5) is 0 Å². The highest BCUT2D eigenvalue weighted by molar-refractivity contribution is 14.0. The molecule has 6 nitrogen and oxygen atoms in total. The first kappa shape index (κ1) is 22.9. The van der Waals surface area contributed by atoms with E-state index in [0.29, 0.717) is 26.4 Å². The molecule has 0 saturated heterocycles. The Morgan fingerprint density at radius 3 is 2.67 bits per heavy atom. The van der Waals surface area contributed by atoms with Crippen LogP contribution in [0.2, 0.25) is 0 Å². The van der Waals surface area contributed by atoms with Crippen LogP contribution in [0.3, 0.4) is 0 Å². The number of hydrogen-bond acceptors (Lipinski definition) is 4. The third-order valence-electron chi connectivity index (χ3n) is 3.02. The molecule has 0 fully saturated rings. The highest BCUT2D eigenvalue weighted by atomic mass is 127.